The van der Waals surface area contributed by atoms with Gasteiger partial charge in [0.05, 0.1) is 6.21 Å². The molecule has 1 atom stereocenters. The molecule has 2 aromatic rings. The van der Waals surface area contributed by atoms with E-state index >= 15 is 0 Å². The summed E-state index contributed by atoms with van der Waals surface area (Å²) < 4.78 is 11.5. The molecule has 0 fully saturated rings. The molecular weight excluding hydrogens is 318 g/mol. The lowest BCUT2D eigenvalue weighted by Crippen LogP contribution is -2.42. The van der Waals surface area contributed by atoms with Gasteiger partial charge in [0.15, 0.2) is 11.5 Å². The van der Waals surface area contributed by atoms with Gasteiger partial charge in [-0.25, -0.2) is 5.43 Å². The molecule has 1 N–H and O–H groups in total. The van der Waals surface area contributed by atoms with Crippen LogP contribution in [0.25, 0.3) is 0 Å². The van der Waals surface area contributed by atoms with Crippen LogP contribution in [0.3, 0.4) is 0 Å². The van der Waals surface area contributed by atoms with Gasteiger partial charge in [-0.05, 0) is 40.8 Å². The molecule has 25 heavy (non-hydrogen) atoms. The lowest BCUT2D eigenvalue weighted by Gasteiger charge is -2.27. The highest BCUT2D eigenvalue weighted by atomic mass is 16.6. The second-order valence-electron chi connectivity index (χ2n) is 6.84. The van der Waals surface area contributed by atoms with Crippen molar-refractivity contribution in [2.75, 3.05) is 6.61 Å². The fourth-order valence-corrected chi connectivity index (χ4v) is 2.36. The van der Waals surface area contributed by atoms with Crippen molar-refractivity contribution in [3.05, 3.63) is 53.9 Å². The van der Waals surface area contributed by atoms with Crippen molar-refractivity contribution in [3.63, 3.8) is 0 Å². The third-order valence-corrected chi connectivity index (χ3v) is 3.86. The van der Waals surface area contributed by atoms with Gasteiger partial charge in [0.25, 0.3) is 5.91 Å². The zero-order valence-electron chi connectivity index (χ0n) is 14.5. The Morgan fingerprint density at radius 2 is 2.00 bits per heavy atom. The zero-order valence-corrected chi connectivity index (χ0v) is 14.5. The van der Waals surface area contributed by atoms with Gasteiger partial charge in [-0.1, -0.05) is 26.8 Å². The molecule has 1 aromatic carbocycles. The Balaban J connectivity index is 1.65. The Hall–Kier alpha value is -2.89. The van der Waals surface area contributed by atoms with Gasteiger partial charge >= 0.3 is 0 Å². The van der Waals surface area contributed by atoms with E-state index in [2.05, 4.69) is 36.3 Å². The average Bonchev–Trinajstić information content (AvgIpc) is 2.61. The number of nitrogens with zero attached hydrogens (tertiary/aromatic N) is 2. The standard InChI is InChI=1S/C19H21N3O3/c1-19(2,3)14-4-5-15-16(10-14)25-17(12-24-15)18(23)22-21-11-13-6-8-20-9-7-13/h4-11,17H,12H2,1-3H3,(H,22,23)/b21-11+/t17-/m0/s1. The van der Waals surface area contributed by atoms with Gasteiger partial charge in [-0.3, -0.25) is 9.78 Å². The van der Waals surface area contributed by atoms with Crippen molar-refractivity contribution in [2.45, 2.75) is 32.3 Å². The number of fused-ring (bicyclic) bond motifs is 1. The Morgan fingerprint density at radius 1 is 1.24 bits per heavy atom. The van der Waals surface area contributed by atoms with Crippen LogP contribution < -0.4 is 14.9 Å². The summed E-state index contributed by atoms with van der Waals surface area (Å²) in [6, 6.07) is 9.41. The minimum Gasteiger partial charge on any atom is -0.485 e. The van der Waals surface area contributed by atoms with Crippen LogP contribution >= 0.6 is 0 Å². The van der Waals surface area contributed by atoms with E-state index in [1.54, 1.807) is 30.7 Å². The van der Waals surface area contributed by atoms with Crippen LogP contribution in [0.2, 0.25) is 0 Å². The predicted molar refractivity (Wildman–Crippen MR) is 95.0 cm³/mol. The van der Waals surface area contributed by atoms with Gasteiger partial charge in [-0.15, -0.1) is 0 Å². The third-order valence-electron chi connectivity index (χ3n) is 3.86. The second-order valence-corrected chi connectivity index (χ2v) is 6.84. The molecule has 6 nitrogen and oxygen atoms in total. The van der Waals surface area contributed by atoms with Crippen molar-refractivity contribution >= 4 is 12.1 Å². The summed E-state index contributed by atoms with van der Waals surface area (Å²) >= 11 is 0. The minimum absolute atomic E-state index is 0.0115. The largest absolute Gasteiger partial charge is 0.485 e. The number of pyridine rings is 1. The first kappa shape index (κ1) is 17.0. The fraction of sp³-hybridized carbons (Fsp3) is 0.316. The molecule has 0 saturated heterocycles. The van der Waals surface area contributed by atoms with Gasteiger partial charge in [0.1, 0.15) is 6.61 Å². The number of hydrogen-bond acceptors (Lipinski definition) is 5. The molecule has 1 aliphatic heterocycles. The lowest BCUT2D eigenvalue weighted by molar-refractivity contribution is -0.130. The van der Waals surface area contributed by atoms with E-state index in [0.717, 1.165) is 11.1 Å². The Morgan fingerprint density at radius 3 is 2.72 bits per heavy atom. The highest BCUT2D eigenvalue weighted by Crippen LogP contribution is 2.36. The Bertz CT molecular complexity index is 782. The summed E-state index contributed by atoms with van der Waals surface area (Å²) in [6.45, 7) is 6.52. The van der Waals surface area contributed by atoms with Gasteiger partial charge in [0, 0.05) is 12.4 Å². The number of nitrogens with one attached hydrogen (secondary N) is 1. The molecule has 130 valence electrons. The predicted octanol–water partition coefficient (Wildman–Crippen LogP) is 2.67. The number of hydrazone groups is 1. The number of carbonyl (C=O) groups is 1. The summed E-state index contributed by atoms with van der Waals surface area (Å²) in [7, 11) is 0. The average molecular weight is 339 g/mol. The zero-order chi connectivity index (χ0) is 17.9. The molecule has 6 heteroatoms. The fourth-order valence-electron chi connectivity index (χ4n) is 2.36. The third kappa shape index (κ3) is 4.15. The SMILES string of the molecule is CC(C)(C)c1ccc2c(c1)O[C@H](C(=O)N/N=C/c1ccncc1)CO2. The number of benzene rings is 1. The van der Waals surface area contributed by atoms with Crippen LogP contribution in [0, 0.1) is 0 Å². The first-order valence-corrected chi connectivity index (χ1v) is 8.10. The minimum atomic E-state index is -0.739. The molecular formula is C19H21N3O3. The number of carbonyl (C=O) groups excluding carboxylic acids is 1. The van der Waals surface area contributed by atoms with Gasteiger partial charge < -0.3 is 9.47 Å². The molecule has 0 saturated carbocycles. The first-order chi connectivity index (χ1) is 11.9. The van der Waals surface area contributed by atoms with Gasteiger partial charge in [0.2, 0.25) is 6.10 Å². The van der Waals surface area contributed by atoms with E-state index in [4.69, 9.17) is 9.47 Å². The van der Waals surface area contributed by atoms with Crippen molar-refractivity contribution < 1.29 is 14.3 Å². The Labute approximate surface area is 146 Å². The summed E-state index contributed by atoms with van der Waals surface area (Å²) in [5.41, 5.74) is 4.43. The van der Waals surface area contributed by atoms with Crippen LogP contribution in [0.15, 0.2) is 47.8 Å². The smallest absolute Gasteiger partial charge is 0.284 e. The monoisotopic (exact) mass is 339 g/mol. The summed E-state index contributed by atoms with van der Waals surface area (Å²) in [4.78, 5) is 16.2. The van der Waals surface area contributed by atoms with E-state index in [0.29, 0.717) is 11.5 Å². The lowest BCUT2D eigenvalue weighted by atomic mass is 9.87. The molecule has 1 aliphatic rings. The van der Waals surface area contributed by atoms with E-state index < -0.39 is 6.10 Å². The summed E-state index contributed by atoms with van der Waals surface area (Å²) in [6.07, 6.45) is 4.13. The maximum Gasteiger partial charge on any atom is 0.284 e. The highest BCUT2D eigenvalue weighted by molar-refractivity contribution is 5.84. The Kier molecular flexibility index (Phi) is 4.70. The number of amides is 1. The summed E-state index contributed by atoms with van der Waals surface area (Å²) in [5.74, 6) is 0.881. The van der Waals surface area contributed by atoms with Crippen LogP contribution in [-0.2, 0) is 10.2 Å². The van der Waals surface area contributed by atoms with E-state index in [9.17, 15) is 4.79 Å². The molecule has 0 unspecified atom stereocenters. The molecule has 0 radical (unpaired) electrons. The molecule has 0 bridgehead atoms. The number of aromatic nitrogens is 1. The van der Waals surface area contributed by atoms with Crippen molar-refractivity contribution in [1.82, 2.24) is 10.4 Å². The molecule has 1 aromatic heterocycles. The number of hydrogen-bond donors (Lipinski definition) is 1. The number of rotatable bonds is 3. The van der Waals surface area contributed by atoms with Crippen LogP contribution in [-0.4, -0.2) is 29.8 Å². The summed E-state index contributed by atoms with van der Waals surface area (Å²) in [5, 5.41) is 3.94. The molecule has 3 rings (SSSR count). The number of ether oxygens (including phenoxy) is 2. The van der Waals surface area contributed by atoms with E-state index in [-0.39, 0.29) is 17.9 Å². The maximum atomic E-state index is 12.2. The molecule has 0 spiro atoms. The highest BCUT2D eigenvalue weighted by Gasteiger charge is 2.28. The van der Waals surface area contributed by atoms with Gasteiger partial charge in [-0.2, -0.15) is 5.10 Å². The molecule has 1 amide bonds. The van der Waals surface area contributed by atoms with Crippen molar-refractivity contribution in [2.24, 2.45) is 5.10 Å². The van der Waals surface area contributed by atoms with Crippen LogP contribution in [0.5, 0.6) is 11.5 Å². The van der Waals surface area contributed by atoms with E-state index in [1.165, 1.54) is 0 Å². The van der Waals surface area contributed by atoms with Crippen LogP contribution in [0.4, 0.5) is 0 Å². The topological polar surface area (TPSA) is 72.8 Å². The maximum absolute atomic E-state index is 12.2. The normalized spacial score (nSPS) is 16.7. The van der Waals surface area contributed by atoms with Crippen molar-refractivity contribution in [3.8, 4) is 11.5 Å². The van der Waals surface area contributed by atoms with E-state index in [1.807, 2.05) is 18.2 Å². The molecule has 0 aliphatic carbocycles. The van der Waals surface area contributed by atoms with Crippen molar-refractivity contribution in [1.29, 1.82) is 0 Å². The quantitative estimate of drug-likeness (QED) is 0.689. The van der Waals surface area contributed by atoms with Crippen LogP contribution in [0.1, 0.15) is 31.9 Å². The second kappa shape index (κ2) is 6.93. The first-order valence-electron chi connectivity index (χ1n) is 8.10. The molecule has 2 heterocycles.